The molecular formula is C25H27N3O. The topological polar surface area (TPSA) is 51.9 Å². The Morgan fingerprint density at radius 2 is 1.90 bits per heavy atom. The molecule has 2 aromatic heterocycles. The minimum absolute atomic E-state index is 0.109. The normalized spacial score (nSPS) is 14.5. The van der Waals surface area contributed by atoms with Gasteiger partial charge in [0.1, 0.15) is 0 Å². The molecule has 2 aromatic carbocycles. The lowest BCUT2D eigenvalue weighted by atomic mass is 9.86. The highest BCUT2D eigenvalue weighted by atomic mass is 16.2. The summed E-state index contributed by atoms with van der Waals surface area (Å²) in [4.78, 5) is 22.0. The number of carbonyl (C=O) groups is 1. The smallest absolute Gasteiger partial charge is 0.227 e. The third-order valence-corrected chi connectivity index (χ3v) is 6.21. The number of fused-ring (bicyclic) bond motifs is 4. The molecule has 0 radical (unpaired) electrons. The first-order chi connectivity index (χ1) is 13.9. The van der Waals surface area contributed by atoms with E-state index in [1.807, 2.05) is 23.2 Å². The molecule has 0 atom stereocenters. The van der Waals surface area contributed by atoms with Crippen molar-refractivity contribution >= 4 is 27.7 Å². The number of carbonyl (C=O) groups excluding carboxylic acids is 1. The first-order valence-electron chi connectivity index (χ1n) is 10.4. The van der Waals surface area contributed by atoms with Crippen LogP contribution in [0.4, 0.5) is 0 Å². The molecule has 0 saturated carbocycles. The minimum Gasteiger partial charge on any atom is -0.361 e. The van der Waals surface area contributed by atoms with E-state index in [1.54, 1.807) is 0 Å². The Morgan fingerprint density at radius 1 is 1.07 bits per heavy atom. The van der Waals surface area contributed by atoms with Gasteiger partial charge in [0.05, 0.1) is 6.42 Å². The van der Waals surface area contributed by atoms with Crippen LogP contribution in [-0.2, 0) is 29.6 Å². The van der Waals surface area contributed by atoms with E-state index >= 15 is 0 Å². The van der Waals surface area contributed by atoms with Gasteiger partial charge in [-0.25, -0.2) is 0 Å². The monoisotopic (exact) mass is 385 g/mol. The zero-order valence-electron chi connectivity index (χ0n) is 17.3. The van der Waals surface area contributed by atoms with Crippen LogP contribution in [0, 0.1) is 0 Å². The number of aromatic amines is 2. The maximum Gasteiger partial charge on any atom is 0.227 e. The maximum atomic E-state index is 13.1. The highest BCUT2D eigenvalue weighted by Gasteiger charge is 2.25. The number of benzene rings is 2. The minimum atomic E-state index is 0.109. The predicted octanol–water partition coefficient (Wildman–Crippen LogP) is 5.07. The molecule has 148 valence electrons. The molecule has 0 fully saturated rings. The summed E-state index contributed by atoms with van der Waals surface area (Å²) in [6.07, 6.45) is 3.29. The highest BCUT2D eigenvalue weighted by molar-refractivity contribution is 5.90. The molecule has 1 aliphatic heterocycles. The molecule has 3 heterocycles. The summed E-state index contributed by atoms with van der Waals surface area (Å²) in [5, 5.41) is 2.40. The molecule has 4 heteroatoms. The molecule has 4 nitrogen and oxygen atoms in total. The van der Waals surface area contributed by atoms with Gasteiger partial charge in [0, 0.05) is 58.8 Å². The summed E-state index contributed by atoms with van der Waals surface area (Å²) in [6.45, 7) is 8.18. The van der Waals surface area contributed by atoms with E-state index in [2.05, 4.69) is 61.1 Å². The molecule has 29 heavy (non-hydrogen) atoms. The van der Waals surface area contributed by atoms with Crippen molar-refractivity contribution in [3.63, 3.8) is 0 Å². The SMILES string of the molecule is CC(C)(C)c1ccc2[nH]c3c(c2c1)CN(C(=O)Cc1c[nH]c2ccccc12)CC3. The van der Waals surface area contributed by atoms with E-state index in [0.717, 1.165) is 29.4 Å². The number of nitrogens with zero attached hydrogens (tertiary/aromatic N) is 1. The Kier molecular flexibility index (Phi) is 4.05. The molecule has 0 saturated heterocycles. The zero-order valence-corrected chi connectivity index (χ0v) is 17.3. The van der Waals surface area contributed by atoms with Crippen molar-refractivity contribution in [1.29, 1.82) is 0 Å². The standard InChI is InChI=1S/C25H27N3O/c1-25(2,3)17-8-9-22-19(13-17)20-15-28(11-10-23(20)27-22)24(29)12-16-14-26-21-7-5-4-6-18(16)21/h4-9,13-14,26-27H,10-12,15H2,1-3H3. The van der Waals surface area contributed by atoms with E-state index in [4.69, 9.17) is 0 Å². The molecule has 4 aromatic rings. The summed E-state index contributed by atoms with van der Waals surface area (Å²) in [5.41, 5.74) is 7.33. The van der Waals surface area contributed by atoms with Gasteiger partial charge in [-0.1, -0.05) is 45.0 Å². The third kappa shape index (κ3) is 3.13. The van der Waals surface area contributed by atoms with Crippen molar-refractivity contribution in [2.24, 2.45) is 0 Å². The van der Waals surface area contributed by atoms with E-state index < -0.39 is 0 Å². The molecular weight excluding hydrogens is 358 g/mol. The quantitative estimate of drug-likeness (QED) is 0.497. The van der Waals surface area contributed by atoms with Crippen LogP contribution in [0.3, 0.4) is 0 Å². The van der Waals surface area contributed by atoms with Gasteiger partial charge >= 0.3 is 0 Å². The van der Waals surface area contributed by atoms with Crippen LogP contribution in [0.2, 0.25) is 0 Å². The fourth-order valence-electron chi connectivity index (χ4n) is 4.45. The summed E-state index contributed by atoms with van der Waals surface area (Å²) in [5.74, 6) is 0.196. The van der Waals surface area contributed by atoms with E-state index in [1.165, 1.54) is 27.7 Å². The lowest BCUT2D eigenvalue weighted by Crippen LogP contribution is -2.36. The van der Waals surface area contributed by atoms with Crippen LogP contribution < -0.4 is 0 Å². The molecule has 2 N–H and O–H groups in total. The second kappa shape index (κ2) is 6.51. The molecule has 1 amide bonds. The van der Waals surface area contributed by atoms with Crippen molar-refractivity contribution in [2.75, 3.05) is 6.54 Å². The number of H-pyrrole nitrogens is 2. The predicted molar refractivity (Wildman–Crippen MR) is 118 cm³/mol. The summed E-state index contributed by atoms with van der Waals surface area (Å²) in [7, 11) is 0. The molecule has 0 spiro atoms. The molecule has 0 bridgehead atoms. The zero-order chi connectivity index (χ0) is 20.2. The van der Waals surface area contributed by atoms with Crippen molar-refractivity contribution in [3.05, 3.63) is 71.0 Å². The van der Waals surface area contributed by atoms with E-state index in [0.29, 0.717) is 13.0 Å². The van der Waals surface area contributed by atoms with Crippen molar-refractivity contribution in [3.8, 4) is 0 Å². The van der Waals surface area contributed by atoms with Gasteiger partial charge in [-0.3, -0.25) is 4.79 Å². The van der Waals surface area contributed by atoms with Crippen molar-refractivity contribution in [2.45, 2.75) is 45.6 Å². The Labute approximate surface area is 170 Å². The third-order valence-electron chi connectivity index (χ3n) is 6.21. The number of rotatable bonds is 2. The van der Waals surface area contributed by atoms with Crippen LogP contribution in [0.15, 0.2) is 48.7 Å². The Hall–Kier alpha value is -3.01. The van der Waals surface area contributed by atoms with Gasteiger partial charge in [-0.2, -0.15) is 0 Å². The highest BCUT2D eigenvalue weighted by Crippen LogP contribution is 2.32. The van der Waals surface area contributed by atoms with Gasteiger partial charge in [0.2, 0.25) is 5.91 Å². The molecule has 1 aliphatic rings. The van der Waals surface area contributed by atoms with Gasteiger partial charge < -0.3 is 14.9 Å². The van der Waals surface area contributed by atoms with Crippen molar-refractivity contribution < 1.29 is 4.79 Å². The molecule has 0 aliphatic carbocycles. The van der Waals surface area contributed by atoms with E-state index in [9.17, 15) is 4.79 Å². The summed E-state index contributed by atoms with van der Waals surface area (Å²) >= 11 is 0. The lowest BCUT2D eigenvalue weighted by Gasteiger charge is -2.27. The van der Waals surface area contributed by atoms with Crippen LogP contribution in [-0.4, -0.2) is 27.3 Å². The Morgan fingerprint density at radius 3 is 2.72 bits per heavy atom. The van der Waals surface area contributed by atoms with Crippen molar-refractivity contribution in [1.82, 2.24) is 14.9 Å². The second-order valence-electron chi connectivity index (χ2n) is 9.19. The second-order valence-corrected chi connectivity index (χ2v) is 9.19. The van der Waals surface area contributed by atoms with Gasteiger partial charge in [0.25, 0.3) is 0 Å². The van der Waals surface area contributed by atoms with Crippen LogP contribution in [0.25, 0.3) is 21.8 Å². The van der Waals surface area contributed by atoms with E-state index in [-0.39, 0.29) is 11.3 Å². The Bertz CT molecular complexity index is 1220. The van der Waals surface area contributed by atoms with Crippen LogP contribution in [0.1, 0.15) is 43.2 Å². The first-order valence-corrected chi connectivity index (χ1v) is 10.4. The maximum absolute atomic E-state index is 13.1. The average molecular weight is 386 g/mol. The number of hydrogen-bond donors (Lipinski definition) is 2. The summed E-state index contributed by atoms with van der Waals surface area (Å²) in [6, 6.07) is 14.9. The summed E-state index contributed by atoms with van der Waals surface area (Å²) < 4.78 is 0. The molecule has 5 rings (SSSR count). The lowest BCUT2D eigenvalue weighted by molar-refractivity contribution is -0.131. The average Bonchev–Trinajstić information content (AvgIpc) is 3.27. The Balaban J connectivity index is 1.43. The van der Waals surface area contributed by atoms with Gasteiger partial charge in [-0.05, 0) is 34.7 Å². The van der Waals surface area contributed by atoms with Crippen LogP contribution in [0.5, 0.6) is 0 Å². The van der Waals surface area contributed by atoms with Crippen LogP contribution >= 0.6 is 0 Å². The number of amides is 1. The number of aromatic nitrogens is 2. The largest absolute Gasteiger partial charge is 0.361 e. The number of para-hydroxylation sites is 1. The number of nitrogens with one attached hydrogen (secondary N) is 2. The number of hydrogen-bond acceptors (Lipinski definition) is 1. The fourth-order valence-corrected chi connectivity index (χ4v) is 4.45. The first kappa shape index (κ1) is 18.0. The van der Waals surface area contributed by atoms with Gasteiger partial charge in [-0.15, -0.1) is 0 Å². The molecule has 0 unspecified atom stereocenters. The fraction of sp³-hybridized carbons (Fsp3) is 0.320. The van der Waals surface area contributed by atoms with Gasteiger partial charge in [0.15, 0.2) is 0 Å².